The van der Waals surface area contributed by atoms with Crippen molar-refractivity contribution in [2.24, 2.45) is 0 Å². The van der Waals surface area contributed by atoms with Crippen LogP contribution in [0.5, 0.6) is 0 Å². The molecule has 4 heteroatoms. The Bertz CT molecular complexity index is 903. The highest BCUT2D eigenvalue weighted by Gasteiger charge is 2.14. The third-order valence-electron chi connectivity index (χ3n) is 4.07. The van der Waals surface area contributed by atoms with E-state index < -0.39 is 0 Å². The first-order valence-corrected chi connectivity index (χ1v) is 7.99. The van der Waals surface area contributed by atoms with Gasteiger partial charge in [-0.2, -0.15) is 0 Å². The molecule has 1 heterocycles. The molecule has 0 saturated heterocycles. The van der Waals surface area contributed by atoms with Crippen LogP contribution >= 0.6 is 0 Å². The molecule has 0 fully saturated rings. The van der Waals surface area contributed by atoms with Crippen LogP contribution in [-0.2, 0) is 4.84 Å². The lowest BCUT2D eigenvalue weighted by Crippen LogP contribution is -2.24. The van der Waals surface area contributed by atoms with Crippen molar-refractivity contribution in [3.8, 4) is 11.3 Å². The van der Waals surface area contributed by atoms with E-state index in [1.165, 1.54) is 11.1 Å². The van der Waals surface area contributed by atoms with Gasteiger partial charge in [0, 0.05) is 10.9 Å². The predicted octanol–water partition coefficient (Wildman–Crippen LogP) is 4.20. The van der Waals surface area contributed by atoms with Crippen LogP contribution in [0.2, 0.25) is 0 Å². The maximum absolute atomic E-state index is 12.5. The van der Waals surface area contributed by atoms with Crippen molar-refractivity contribution in [2.75, 3.05) is 6.61 Å². The third-order valence-corrected chi connectivity index (χ3v) is 4.07. The Morgan fingerprint density at radius 3 is 2.62 bits per heavy atom. The molecule has 3 rings (SSSR count). The number of rotatable bonds is 4. The standard InChI is InChI=1S/C20H20N2O2/c1-4-24-22-20(23)17-12-19(15-10-9-13(2)14(3)11-15)21-18-8-6-5-7-16(17)18/h5-12H,4H2,1-3H3,(H,22,23). The number of carbonyl (C=O) groups excluding carboxylic acids is 1. The van der Waals surface area contributed by atoms with Gasteiger partial charge in [0.05, 0.1) is 23.4 Å². The van der Waals surface area contributed by atoms with Crippen molar-refractivity contribution in [3.05, 3.63) is 65.2 Å². The molecule has 1 aromatic heterocycles. The summed E-state index contributed by atoms with van der Waals surface area (Å²) in [6.07, 6.45) is 0. The molecule has 24 heavy (non-hydrogen) atoms. The average molecular weight is 320 g/mol. The molecule has 0 aliphatic rings. The first kappa shape index (κ1) is 16.1. The van der Waals surface area contributed by atoms with Gasteiger partial charge in [-0.15, -0.1) is 0 Å². The monoisotopic (exact) mass is 320 g/mol. The zero-order chi connectivity index (χ0) is 17.1. The maximum atomic E-state index is 12.5. The van der Waals surface area contributed by atoms with Gasteiger partial charge in [-0.1, -0.05) is 30.3 Å². The third kappa shape index (κ3) is 3.14. The molecule has 1 N–H and O–H groups in total. The second-order valence-corrected chi connectivity index (χ2v) is 5.74. The number of aryl methyl sites for hydroxylation is 2. The summed E-state index contributed by atoms with van der Waals surface area (Å²) in [5.41, 5.74) is 8.02. The van der Waals surface area contributed by atoms with E-state index in [1.807, 2.05) is 43.3 Å². The summed E-state index contributed by atoms with van der Waals surface area (Å²) < 4.78 is 0. The average Bonchev–Trinajstić information content (AvgIpc) is 2.61. The number of amides is 1. The van der Waals surface area contributed by atoms with Crippen molar-refractivity contribution in [2.45, 2.75) is 20.8 Å². The number of carbonyl (C=O) groups is 1. The molecular weight excluding hydrogens is 300 g/mol. The fourth-order valence-electron chi connectivity index (χ4n) is 2.60. The van der Waals surface area contributed by atoms with Crippen LogP contribution in [0.15, 0.2) is 48.5 Å². The zero-order valence-corrected chi connectivity index (χ0v) is 14.1. The normalized spacial score (nSPS) is 10.8. The lowest BCUT2D eigenvalue weighted by molar-refractivity contribution is 0.0366. The molecule has 0 aliphatic carbocycles. The van der Waals surface area contributed by atoms with Gasteiger partial charge in [0.25, 0.3) is 5.91 Å². The predicted molar refractivity (Wildman–Crippen MR) is 95.7 cm³/mol. The van der Waals surface area contributed by atoms with E-state index in [4.69, 9.17) is 9.82 Å². The maximum Gasteiger partial charge on any atom is 0.275 e. The van der Waals surface area contributed by atoms with E-state index in [9.17, 15) is 4.79 Å². The Balaban J connectivity index is 2.15. The Morgan fingerprint density at radius 2 is 1.88 bits per heavy atom. The molecule has 0 saturated carbocycles. The molecule has 3 aromatic rings. The Labute approximate surface area is 141 Å². The number of nitrogens with zero attached hydrogens (tertiary/aromatic N) is 1. The molecule has 2 aromatic carbocycles. The van der Waals surface area contributed by atoms with Crippen LogP contribution in [0.25, 0.3) is 22.2 Å². The van der Waals surface area contributed by atoms with Crippen LogP contribution in [0, 0.1) is 13.8 Å². The summed E-state index contributed by atoms with van der Waals surface area (Å²) in [5.74, 6) is -0.263. The number of para-hydroxylation sites is 1. The molecule has 4 nitrogen and oxygen atoms in total. The van der Waals surface area contributed by atoms with Gasteiger partial charge in [0.2, 0.25) is 0 Å². The van der Waals surface area contributed by atoms with Gasteiger partial charge in [0.1, 0.15) is 0 Å². The number of fused-ring (bicyclic) bond motifs is 1. The molecule has 0 unspecified atom stereocenters. The van der Waals surface area contributed by atoms with Crippen molar-refractivity contribution in [1.29, 1.82) is 0 Å². The first-order chi connectivity index (χ1) is 11.6. The fourth-order valence-corrected chi connectivity index (χ4v) is 2.60. The highest BCUT2D eigenvalue weighted by Crippen LogP contribution is 2.26. The molecular formula is C20H20N2O2. The largest absolute Gasteiger partial charge is 0.275 e. The van der Waals surface area contributed by atoms with Gasteiger partial charge in [-0.05, 0) is 50.1 Å². The van der Waals surface area contributed by atoms with Crippen LogP contribution < -0.4 is 5.48 Å². The molecule has 1 amide bonds. The van der Waals surface area contributed by atoms with Crippen molar-refractivity contribution in [1.82, 2.24) is 10.5 Å². The summed E-state index contributed by atoms with van der Waals surface area (Å²) in [5, 5.41) is 0.808. The molecule has 0 spiro atoms. The summed E-state index contributed by atoms with van der Waals surface area (Å²) in [7, 11) is 0. The summed E-state index contributed by atoms with van der Waals surface area (Å²) >= 11 is 0. The summed E-state index contributed by atoms with van der Waals surface area (Å²) in [6.45, 7) is 6.39. The number of nitrogens with one attached hydrogen (secondary N) is 1. The molecule has 122 valence electrons. The minimum absolute atomic E-state index is 0.263. The van der Waals surface area contributed by atoms with Crippen LogP contribution in [-0.4, -0.2) is 17.5 Å². The van der Waals surface area contributed by atoms with E-state index in [1.54, 1.807) is 0 Å². The first-order valence-electron chi connectivity index (χ1n) is 7.99. The lowest BCUT2D eigenvalue weighted by Gasteiger charge is -2.11. The number of benzene rings is 2. The van der Waals surface area contributed by atoms with Crippen LogP contribution in [0.3, 0.4) is 0 Å². The van der Waals surface area contributed by atoms with E-state index in [0.29, 0.717) is 12.2 Å². The van der Waals surface area contributed by atoms with Crippen molar-refractivity contribution in [3.63, 3.8) is 0 Å². The Kier molecular flexibility index (Phi) is 4.58. The number of aromatic nitrogens is 1. The molecule has 0 radical (unpaired) electrons. The second-order valence-electron chi connectivity index (χ2n) is 5.74. The van der Waals surface area contributed by atoms with Crippen LogP contribution in [0.4, 0.5) is 0 Å². The second kappa shape index (κ2) is 6.81. The minimum atomic E-state index is -0.263. The fraction of sp³-hybridized carbons (Fsp3) is 0.200. The smallest absolute Gasteiger partial charge is 0.274 e. The Hall–Kier alpha value is -2.72. The van der Waals surface area contributed by atoms with E-state index in [2.05, 4.69) is 31.5 Å². The summed E-state index contributed by atoms with van der Waals surface area (Å²) in [6, 6.07) is 15.6. The van der Waals surface area contributed by atoms with E-state index >= 15 is 0 Å². The number of hydrogen-bond donors (Lipinski definition) is 1. The quantitative estimate of drug-likeness (QED) is 0.733. The van der Waals surface area contributed by atoms with Crippen molar-refractivity contribution >= 4 is 16.8 Å². The van der Waals surface area contributed by atoms with Gasteiger partial charge < -0.3 is 0 Å². The lowest BCUT2D eigenvalue weighted by atomic mass is 10.0. The minimum Gasteiger partial charge on any atom is -0.274 e. The Morgan fingerprint density at radius 1 is 1.08 bits per heavy atom. The van der Waals surface area contributed by atoms with E-state index in [-0.39, 0.29) is 5.91 Å². The molecule has 0 atom stereocenters. The topological polar surface area (TPSA) is 51.2 Å². The highest BCUT2D eigenvalue weighted by atomic mass is 16.6. The number of hydrogen-bond acceptors (Lipinski definition) is 3. The van der Waals surface area contributed by atoms with Gasteiger partial charge >= 0.3 is 0 Å². The van der Waals surface area contributed by atoms with Gasteiger partial charge in [-0.3, -0.25) is 9.63 Å². The zero-order valence-electron chi connectivity index (χ0n) is 14.1. The number of pyridine rings is 1. The SMILES string of the molecule is CCONC(=O)c1cc(-c2ccc(C)c(C)c2)nc2ccccc12. The van der Waals surface area contributed by atoms with Crippen LogP contribution in [0.1, 0.15) is 28.4 Å². The molecule has 0 aliphatic heterocycles. The number of hydroxylamine groups is 1. The van der Waals surface area contributed by atoms with Gasteiger partial charge in [0.15, 0.2) is 0 Å². The highest BCUT2D eigenvalue weighted by molar-refractivity contribution is 6.06. The van der Waals surface area contributed by atoms with E-state index in [0.717, 1.165) is 22.2 Å². The van der Waals surface area contributed by atoms with Gasteiger partial charge in [-0.25, -0.2) is 10.5 Å². The molecule has 0 bridgehead atoms. The van der Waals surface area contributed by atoms with Crippen molar-refractivity contribution < 1.29 is 9.63 Å². The summed E-state index contributed by atoms with van der Waals surface area (Å²) in [4.78, 5) is 22.2.